The van der Waals surface area contributed by atoms with Crippen molar-refractivity contribution >= 4 is 0 Å². The number of ether oxygens (including phenoxy) is 1. The smallest absolute Gasteiger partial charge is 0.417 e. The van der Waals surface area contributed by atoms with Gasteiger partial charge in [0.2, 0.25) is 0 Å². The highest BCUT2D eigenvalue weighted by Crippen LogP contribution is 2.41. The third-order valence-corrected chi connectivity index (χ3v) is 6.62. The van der Waals surface area contributed by atoms with Crippen LogP contribution in [0.25, 0.3) is 28.3 Å². The largest absolute Gasteiger partial charge is 0.495 e. The zero-order chi connectivity index (χ0) is 28.8. The Labute approximate surface area is 225 Å². The Balaban J connectivity index is 1.68. The number of fused-ring (bicyclic) bond motifs is 1. The predicted octanol–water partition coefficient (Wildman–Crippen LogP) is 7.38. The number of aromatic nitrogens is 5. The number of benzene rings is 2. The first-order valence-electron chi connectivity index (χ1n) is 12.3. The SMILES string of the molecule is CCCC(c1cc(F)c(F)c(F)c1)n1cc(C(F)(F)F)cc2c(-c3ccc(-n4cnc(C)c4)c(OC)c3)nnc1-2. The minimum absolute atomic E-state index is 0.0323. The van der Waals surface area contributed by atoms with Gasteiger partial charge in [-0.15, -0.1) is 10.2 Å². The van der Waals surface area contributed by atoms with E-state index < -0.39 is 35.2 Å². The third-order valence-electron chi connectivity index (χ3n) is 6.62. The lowest BCUT2D eigenvalue weighted by atomic mass is 9.98. The molecule has 2 aliphatic heterocycles. The second-order valence-electron chi connectivity index (χ2n) is 9.33. The lowest BCUT2D eigenvalue weighted by Gasteiger charge is -2.25. The van der Waals surface area contributed by atoms with Crippen LogP contribution in [0, 0.1) is 24.4 Å². The van der Waals surface area contributed by atoms with Gasteiger partial charge >= 0.3 is 6.18 Å². The lowest BCUT2D eigenvalue weighted by molar-refractivity contribution is -0.138. The summed E-state index contributed by atoms with van der Waals surface area (Å²) in [5.74, 6) is -4.03. The average Bonchev–Trinajstić information content (AvgIpc) is 3.55. The summed E-state index contributed by atoms with van der Waals surface area (Å²) in [5.41, 5.74) is 1.08. The predicted molar refractivity (Wildman–Crippen MR) is 135 cm³/mol. The number of methoxy groups -OCH3 is 1. The second-order valence-corrected chi connectivity index (χ2v) is 9.33. The van der Waals surface area contributed by atoms with E-state index in [4.69, 9.17) is 4.74 Å². The molecule has 0 spiro atoms. The van der Waals surface area contributed by atoms with E-state index in [0.717, 1.165) is 30.1 Å². The quantitative estimate of drug-likeness (QED) is 0.154. The standard InChI is InChI=1S/C28H23F6N5O/c1-4-5-22(17-8-20(29)25(31)21(30)9-17)39-13-18(28(32,33)34)11-19-26(36-37-27(19)39)16-6-7-23(24(10-16)40-3)38-12-15(2)35-14-38/h6-14,22H,4-5H2,1-3H3. The molecule has 0 N–H and O–H groups in total. The van der Waals surface area contributed by atoms with Crippen LogP contribution in [0.2, 0.25) is 0 Å². The lowest BCUT2D eigenvalue weighted by Crippen LogP contribution is -2.18. The Kier molecular flexibility index (Phi) is 7.03. The van der Waals surface area contributed by atoms with Gasteiger partial charge in [0, 0.05) is 23.5 Å². The molecule has 2 aliphatic rings. The Bertz CT molecular complexity index is 1630. The number of rotatable bonds is 7. The molecule has 12 heteroatoms. The molecule has 0 amide bonds. The molecule has 1 unspecified atom stereocenters. The molecule has 208 valence electrons. The van der Waals surface area contributed by atoms with Crippen molar-refractivity contribution in [1.82, 2.24) is 24.3 Å². The molecule has 0 fully saturated rings. The van der Waals surface area contributed by atoms with Crippen molar-refractivity contribution in [3.05, 3.63) is 89.4 Å². The van der Waals surface area contributed by atoms with Crippen molar-refractivity contribution in [3.8, 4) is 34.1 Å². The summed E-state index contributed by atoms with van der Waals surface area (Å²) in [7, 11) is 1.47. The molecule has 6 nitrogen and oxygen atoms in total. The highest BCUT2D eigenvalue weighted by molar-refractivity contribution is 5.80. The van der Waals surface area contributed by atoms with E-state index in [1.54, 1.807) is 42.2 Å². The molecule has 0 aliphatic carbocycles. The van der Waals surface area contributed by atoms with Crippen LogP contribution < -0.4 is 4.74 Å². The van der Waals surface area contributed by atoms with Gasteiger partial charge in [0.1, 0.15) is 11.4 Å². The molecule has 0 radical (unpaired) electrons. The highest BCUT2D eigenvalue weighted by Gasteiger charge is 2.35. The van der Waals surface area contributed by atoms with E-state index in [2.05, 4.69) is 15.2 Å². The van der Waals surface area contributed by atoms with Crippen LogP contribution in [-0.2, 0) is 6.18 Å². The highest BCUT2D eigenvalue weighted by atomic mass is 19.4. The summed E-state index contributed by atoms with van der Waals surface area (Å²) >= 11 is 0. The van der Waals surface area contributed by atoms with E-state index in [-0.39, 0.29) is 29.1 Å². The van der Waals surface area contributed by atoms with Crippen molar-refractivity contribution < 1.29 is 31.1 Å². The van der Waals surface area contributed by atoms with Crippen LogP contribution in [0.4, 0.5) is 26.3 Å². The van der Waals surface area contributed by atoms with Crippen LogP contribution in [0.15, 0.2) is 55.1 Å². The van der Waals surface area contributed by atoms with Gasteiger partial charge in [-0.25, -0.2) is 18.2 Å². The minimum atomic E-state index is -4.75. The van der Waals surface area contributed by atoms with E-state index in [1.165, 1.54) is 11.7 Å². The van der Waals surface area contributed by atoms with Gasteiger partial charge in [0.15, 0.2) is 23.3 Å². The van der Waals surface area contributed by atoms with Gasteiger partial charge in [-0.05, 0) is 49.2 Å². The first-order valence-corrected chi connectivity index (χ1v) is 12.3. The Morgan fingerprint density at radius 2 is 1.70 bits per heavy atom. The van der Waals surface area contributed by atoms with Crippen LogP contribution in [-0.4, -0.2) is 31.4 Å². The van der Waals surface area contributed by atoms with Gasteiger partial charge in [0.05, 0.1) is 36.4 Å². The van der Waals surface area contributed by atoms with Crippen molar-refractivity contribution in [3.63, 3.8) is 0 Å². The fourth-order valence-corrected chi connectivity index (χ4v) is 4.74. The molecule has 3 heterocycles. The molecular weight excluding hydrogens is 536 g/mol. The fraction of sp³-hybridized carbons (Fsp3) is 0.250. The van der Waals surface area contributed by atoms with Crippen molar-refractivity contribution in [1.29, 1.82) is 0 Å². The first-order chi connectivity index (χ1) is 19.0. The second kappa shape index (κ2) is 10.3. The first kappa shape index (κ1) is 27.2. The van der Waals surface area contributed by atoms with Crippen molar-refractivity contribution in [2.24, 2.45) is 0 Å². The van der Waals surface area contributed by atoms with Gasteiger partial charge < -0.3 is 13.9 Å². The van der Waals surface area contributed by atoms with Crippen LogP contribution in [0.1, 0.15) is 42.6 Å². The Hall–Kier alpha value is -4.35. The maximum atomic E-state index is 14.1. The van der Waals surface area contributed by atoms with Gasteiger partial charge in [-0.1, -0.05) is 19.4 Å². The third kappa shape index (κ3) is 4.89. The molecule has 0 bridgehead atoms. The summed E-state index contributed by atoms with van der Waals surface area (Å²) in [5, 5.41) is 8.37. The van der Waals surface area contributed by atoms with Crippen molar-refractivity contribution in [2.75, 3.05) is 7.11 Å². The van der Waals surface area contributed by atoms with Gasteiger partial charge in [-0.3, -0.25) is 0 Å². The van der Waals surface area contributed by atoms with Gasteiger partial charge in [0.25, 0.3) is 0 Å². The van der Waals surface area contributed by atoms with Gasteiger partial charge in [-0.2, -0.15) is 13.2 Å². The maximum absolute atomic E-state index is 14.1. The minimum Gasteiger partial charge on any atom is -0.495 e. The molecule has 40 heavy (non-hydrogen) atoms. The zero-order valence-corrected chi connectivity index (χ0v) is 21.6. The number of alkyl halides is 3. The number of aryl methyl sites for hydroxylation is 1. The van der Waals surface area contributed by atoms with E-state index in [1.807, 2.05) is 6.92 Å². The summed E-state index contributed by atoms with van der Waals surface area (Å²) < 4.78 is 92.7. The summed E-state index contributed by atoms with van der Waals surface area (Å²) in [6.45, 7) is 3.60. The van der Waals surface area contributed by atoms with E-state index >= 15 is 0 Å². The summed E-state index contributed by atoms with van der Waals surface area (Å²) in [6, 6.07) is 6.57. The normalized spacial score (nSPS) is 12.7. The van der Waals surface area contributed by atoms with Crippen LogP contribution in [0.3, 0.4) is 0 Å². The molecule has 0 saturated heterocycles. The van der Waals surface area contributed by atoms with Crippen LogP contribution >= 0.6 is 0 Å². The van der Waals surface area contributed by atoms with E-state index in [0.29, 0.717) is 23.4 Å². The number of hydrogen-bond acceptors (Lipinski definition) is 4. The number of pyridine rings is 1. The molecule has 1 aromatic heterocycles. The number of imidazole rings is 1. The zero-order valence-electron chi connectivity index (χ0n) is 21.6. The topological polar surface area (TPSA) is 57.8 Å². The van der Waals surface area contributed by atoms with Crippen LogP contribution in [0.5, 0.6) is 5.75 Å². The maximum Gasteiger partial charge on any atom is 0.417 e. The summed E-state index contributed by atoms with van der Waals surface area (Å²) in [4.78, 5) is 4.20. The molecule has 2 aromatic carbocycles. The fourth-order valence-electron chi connectivity index (χ4n) is 4.74. The number of halogens is 6. The number of hydrogen-bond donors (Lipinski definition) is 0. The Morgan fingerprint density at radius 1 is 0.975 bits per heavy atom. The molecule has 5 rings (SSSR count). The monoisotopic (exact) mass is 559 g/mol. The molecule has 0 saturated carbocycles. The number of nitrogens with zero attached hydrogens (tertiary/aromatic N) is 5. The molecule has 3 aromatic rings. The van der Waals surface area contributed by atoms with Crippen molar-refractivity contribution in [2.45, 2.75) is 38.9 Å². The van der Waals surface area contributed by atoms with E-state index in [9.17, 15) is 26.3 Å². The molecular formula is C28H23F6N5O. The Morgan fingerprint density at radius 3 is 2.30 bits per heavy atom. The molecule has 1 atom stereocenters. The summed E-state index contributed by atoms with van der Waals surface area (Å²) in [6.07, 6.45) is 0.137. The average molecular weight is 560 g/mol.